The van der Waals surface area contributed by atoms with E-state index in [2.05, 4.69) is 12.2 Å². The number of nitrogens with zero attached hydrogens (tertiary/aromatic N) is 3. The number of rotatable bonds is 9. The molecule has 4 aromatic carbocycles. The van der Waals surface area contributed by atoms with Gasteiger partial charge in [-0.15, -0.1) is 0 Å². The summed E-state index contributed by atoms with van der Waals surface area (Å²) in [6.07, 6.45) is 1.73. The molecule has 0 aliphatic rings. The van der Waals surface area contributed by atoms with Crippen LogP contribution in [0, 0.1) is 6.92 Å². The first-order valence-electron chi connectivity index (χ1n) is 13.3. The Morgan fingerprint density at radius 3 is 2.31 bits per heavy atom. The standard InChI is InChI=1S/C33H32N4O2/c1-3-4-20-36(33(39)28-17-16-25-10-8-9-13-27(25)21-28)23-32(38)34-31-22-30(26-11-6-5-7-12-26)35-37(31)29-18-14-24(2)15-19-29/h5-19,21-22H,3-4,20,23H2,1-2H3,(H,34,38). The van der Waals surface area contributed by atoms with E-state index >= 15 is 0 Å². The van der Waals surface area contributed by atoms with E-state index in [1.807, 2.05) is 110 Å². The van der Waals surface area contributed by atoms with E-state index in [1.54, 1.807) is 9.58 Å². The molecule has 0 saturated heterocycles. The van der Waals surface area contributed by atoms with E-state index < -0.39 is 0 Å². The Balaban J connectivity index is 1.40. The third-order valence-corrected chi connectivity index (χ3v) is 6.72. The van der Waals surface area contributed by atoms with E-state index in [4.69, 9.17) is 5.10 Å². The maximum absolute atomic E-state index is 13.5. The van der Waals surface area contributed by atoms with Gasteiger partial charge in [0.05, 0.1) is 11.4 Å². The number of carbonyl (C=O) groups is 2. The third-order valence-electron chi connectivity index (χ3n) is 6.72. The smallest absolute Gasteiger partial charge is 0.254 e. The number of hydrogen-bond acceptors (Lipinski definition) is 3. The number of carbonyl (C=O) groups excluding carboxylic acids is 2. The first-order valence-corrected chi connectivity index (χ1v) is 13.3. The molecule has 0 atom stereocenters. The number of hydrogen-bond donors (Lipinski definition) is 1. The number of anilines is 1. The molecule has 0 aliphatic heterocycles. The highest BCUT2D eigenvalue weighted by Gasteiger charge is 2.21. The normalized spacial score (nSPS) is 10.9. The van der Waals surface area contributed by atoms with Gasteiger partial charge < -0.3 is 10.2 Å². The largest absolute Gasteiger partial charge is 0.329 e. The lowest BCUT2D eigenvalue weighted by Crippen LogP contribution is -2.39. The minimum atomic E-state index is -0.270. The molecule has 1 aromatic heterocycles. The summed E-state index contributed by atoms with van der Waals surface area (Å²) in [6.45, 7) is 4.56. The Kier molecular flexibility index (Phi) is 7.83. The van der Waals surface area contributed by atoms with Crippen LogP contribution in [0.2, 0.25) is 0 Å². The summed E-state index contributed by atoms with van der Waals surface area (Å²) in [7, 11) is 0. The fraction of sp³-hybridized carbons (Fsp3) is 0.182. The number of amides is 2. The van der Waals surface area contributed by atoms with Gasteiger partial charge in [-0.1, -0.05) is 91.7 Å². The topological polar surface area (TPSA) is 67.2 Å². The molecule has 0 aliphatic carbocycles. The summed E-state index contributed by atoms with van der Waals surface area (Å²) in [4.78, 5) is 28.5. The molecule has 0 saturated carbocycles. The van der Waals surface area contributed by atoms with Gasteiger partial charge in [-0.25, -0.2) is 4.68 Å². The molecule has 0 spiro atoms. The van der Waals surface area contributed by atoms with Crippen molar-refractivity contribution in [3.63, 3.8) is 0 Å². The summed E-state index contributed by atoms with van der Waals surface area (Å²) in [5, 5.41) is 9.89. The van der Waals surface area contributed by atoms with Crippen LogP contribution in [0.3, 0.4) is 0 Å². The van der Waals surface area contributed by atoms with Gasteiger partial charge >= 0.3 is 0 Å². The van der Waals surface area contributed by atoms with E-state index in [0.29, 0.717) is 17.9 Å². The van der Waals surface area contributed by atoms with Crippen LogP contribution >= 0.6 is 0 Å². The van der Waals surface area contributed by atoms with Gasteiger partial charge in [0.25, 0.3) is 5.91 Å². The van der Waals surface area contributed by atoms with E-state index in [0.717, 1.165) is 46.1 Å². The lowest BCUT2D eigenvalue weighted by molar-refractivity contribution is -0.116. The molecular formula is C33H32N4O2. The maximum atomic E-state index is 13.5. The fourth-order valence-electron chi connectivity index (χ4n) is 4.56. The average molecular weight is 517 g/mol. The molecule has 1 N–H and O–H groups in total. The Bertz CT molecular complexity index is 1590. The molecular weight excluding hydrogens is 484 g/mol. The molecule has 0 bridgehead atoms. The van der Waals surface area contributed by atoms with Gasteiger partial charge in [0.2, 0.25) is 5.91 Å². The molecule has 1 heterocycles. The van der Waals surface area contributed by atoms with Crippen molar-refractivity contribution in [2.24, 2.45) is 0 Å². The minimum absolute atomic E-state index is 0.0502. The number of aromatic nitrogens is 2. The van der Waals surface area contributed by atoms with Crippen LogP contribution in [0.25, 0.3) is 27.7 Å². The average Bonchev–Trinajstić information content (AvgIpc) is 3.39. The zero-order valence-electron chi connectivity index (χ0n) is 22.3. The van der Waals surface area contributed by atoms with Crippen molar-refractivity contribution < 1.29 is 9.59 Å². The van der Waals surface area contributed by atoms with Crippen LogP contribution in [0.4, 0.5) is 5.82 Å². The molecule has 0 fully saturated rings. The number of benzene rings is 4. The minimum Gasteiger partial charge on any atom is -0.329 e. The monoisotopic (exact) mass is 516 g/mol. The molecule has 0 unspecified atom stereocenters. The number of nitrogens with one attached hydrogen (secondary N) is 1. The van der Waals surface area contributed by atoms with Crippen molar-refractivity contribution in [2.45, 2.75) is 26.7 Å². The van der Waals surface area contributed by atoms with Crippen molar-refractivity contribution in [1.29, 1.82) is 0 Å². The Hall–Kier alpha value is -4.71. The van der Waals surface area contributed by atoms with Crippen LogP contribution in [-0.4, -0.2) is 39.6 Å². The molecule has 0 radical (unpaired) electrons. The Morgan fingerprint density at radius 1 is 0.846 bits per heavy atom. The SMILES string of the molecule is CCCCN(CC(=O)Nc1cc(-c2ccccc2)nn1-c1ccc(C)cc1)C(=O)c1ccc2ccccc2c1. The van der Waals surface area contributed by atoms with Crippen LogP contribution < -0.4 is 5.32 Å². The Labute approximate surface area is 228 Å². The maximum Gasteiger partial charge on any atom is 0.254 e. The molecule has 39 heavy (non-hydrogen) atoms. The molecule has 6 nitrogen and oxygen atoms in total. The first-order chi connectivity index (χ1) is 19.0. The molecule has 5 rings (SSSR count). The van der Waals surface area contributed by atoms with Crippen LogP contribution in [0.15, 0.2) is 103 Å². The highest BCUT2D eigenvalue weighted by molar-refractivity contribution is 6.01. The van der Waals surface area contributed by atoms with Gasteiger partial charge in [-0.3, -0.25) is 9.59 Å². The second-order valence-corrected chi connectivity index (χ2v) is 9.72. The molecule has 2 amide bonds. The number of unbranched alkanes of at least 4 members (excludes halogenated alkanes) is 1. The number of fused-ring (bicyclic) bond motifs is 1. The highest BCUT2D eigenvalue weighted by atomic mass is 16.2. The summed E-state index contributed by atoms with van der Waals surface area (Å²) in [5.74, 6) is 0.130. The van der Waals surface area contributed by atoms with Crippen LogP contribution in [-0.2, 0) is 4.79 Å². The summed E-state index contributed by atoms with van der Waals surface area (Å²) < 4.78 is 1.74. The van der Waals surface area contributed by atoms with E-state index in [-0.39, 0.29) is 18.4 Å². The van der Waals surface area contributed by atoms with Gasteiger partial charge in [0.15, 0.2) is 0 Å². The van der Waals surface area contributed by atoms with Crippen LogP contribution in [0.1, 0.15) is 35.7 Å². The predicted octanol–water partition coefficient (Wildman–Crippen LogP) is 6.88. The van der Waals surface area contributed by atoms with Crippen molar-refractivity contribution in [1.82, 2.24) is 14.7 Å². The van der Waals surface area contributed by atoms with Gasteiger partial charge in [-0.2, -0.15) is 5.10 Å². The van der Waals surface area contributed by atoms with Crippen molar-refractivity contribution in [3.05, 3.63) is 114 Å². The Morgan fingerprint density at radius 2 is 1.56 bits per heavy atom. The van der Waals surface area contributed by atoms with Gasteiger partial charge in [-0.05, 0) is 48.4 Å². The van der Waals surface area contributed by atoms with E-state index in [1.165, 1.54) is 0 Å². The first kappa shape index (κ1) is 25.9. The summed E-state index contributed by atoms with van der Waals surface area (Å²) in [5.41, 5.74) is 4.26. The molecule has 6 heteroatoms. The van der Waals surface area contributed by atoms with Gasteiger partial charge in [0.1, 0.15) is 12.4 Å². The number of aryl methyl sites for hydroxylation is 1. The van der Waals surface area contributed by atoms with Crippen molar-refractivity contribution in [2.75, 3.05) is 18.4 Å². The van der Waals surface area contributed by atoms with Gasteiger partial charge in [0, 0.05) is 23.7 Å². The van der Waals surface area contributed by atoms with E-state index in [9.17, 15) is 9.59 Å². The fourth-order valence-corrected chi connectivity index (χ4v) is 4.56. The molecule has 196 valence electrons. The predicted molar refractivity (Wildman–Crippen MR) is 157 cm³/mol. The quantitative estimate of drug-likeness (QED) is 0.232. The highest BCUT2D eigenvalue weighted by Crippen LogP contribution is 2.25. The lowest BCUT2D eigenvalue weighted by atomic mass is 10.1. The zero-order valence-corrected chi connectivity index (χ0v) is 22.3. The zero-order chi connectivity index (χ0) is 27.2. The van der Waals surface area contributed by atoms with Crippen LogP contribution in [0.5, 0.6) is 0 Å². The summed E-state index contributed by atoms with van der Waals surface area (Å²) >= 11 is 0. The lowest BCUT2D eigenvalue weighted by Gasteiger charge is -2.22. The van der Waals surface area contributed by atoms with Crippen molar-refractivity contribution in [3.8, 4) is 16.9 Å². The second-order valence-electron chi connectivity index (χ2n) is 9.72. The summed E-state index contributed by atoms with van der Waals surface area (Å²) in [6, 6.07) is 33.3. The molecule has 5 aromatic rings. The van der Waals surface area contributed by atoms with Crippen molar-refractivity contribution >= 4 is 28.4 Å². The second kappa shape index (κ2) is 11.8. The third kappa shape index (κ3) is 6.07.